The van der Waals surface area contributed by atoms with Crippen molar-refractivity contribution in [2.45, 2.75) is 82.1 Å². The number of likely N-dealkylation sites (tertiary alicyclic amines) is 1. The van der Waals surface area contributed by atoms with Crippen LogP contribution in [0.2, 0.25) is 23.2 Å². The van der Waals surface area contributed by atoms with Crippen LogP contribution in [0.15, 0.2) is 48.7 Å². The molecule has 2 aromatic carbocycles. The number of nitrogens with zero attached hydrogens (tertiary/aromatic N) is 2. The normalized spacial score (nSPS) is 20.8. The molecule has 1 aromatic heterocycles. The van der Waals surface area contributed by atoms with E-state index in [0.29, 0.717) is 6.42 Å². The number of aromatic nitrogens is 1. The highest BCUT2D eigenvalue weighted by Gasteiger charge is 2.51. The van der Waals surface area contributed by atoms with Gasteiger partial charge in [-0.05, 0) is 66.7 Å². The number of rotatable bonds is 9. The fourth-order valence-corrected chi connectivity index (χ4v) is 8.48. The molecule has 2 atom stereocenters. The Morgan fingerprint density at radius 3 is 2.68 bits per heavy atom. The van der Waals surface area contributed by atoms with Crippen LogP contribution in [0.1, 0.15) is 67.1 Å². The summed E-state index contributed by atoms with van der Waals surface area (Å²) < 4.78 is 17.8. The summed E-state index contributed by atoms with van der Waals surface area (Å²) in [7, 11) is -1.88. The molecule has 218 valence electrons. The highest BCUT2D eigenvalue weighted by molar-refractivity contribution is 7.11. The zero-order valence-electron chi connectivity index (χ0n) is 24.5. The summed E-state index contributed by atoms with van der Waals surface area (Å²) in [5, 5.41) is 1.76. The molecule has 2 aliphatic heterocycles. The molecule has 1 saturated carbocycles. The Morgan fingerprint density at radius 2 is 1.95 bits per heavy atom. The lowest BCUT2D eigenvalue weighted by Gasteiger charge is -2.38. The molecule has 0 radical (unpaired) electrons. The largest absolute Gasteiger partial charge is 0.454 e. The fourth-order valence-electron chi connectivity index (χ4n) is 5.79. The van der Waals surface area contributed by atoms with Gasteiger partial charge in [-0.1, -0.05) is 56.6 Å². The topological polar surface area (TPSA) is 60.9 Å². The SMILES string of the molecule is CC(C)(C)[Si](C)(C)O[C@@H]1CCN([C@H](c2cnc(CC(=O)C3(c4ccc5c(c4)OCO5)CC3)s2)c2ccccc2Cl)C1. The maximum Gasteiger partial charge on any atom is 0.231 e. The lowest BCUT2D eigenvalue weighted by atomic mass is 9.89. The average Bonchev–Trinajstić information content (AvgIpc) is 3.21. The van der Waals surface area contributed by atoms with Gasteiger partial charge in [-0.15, -0.1) is 11.3 Å². The Hall–Kier alpha value is -2.23. The van der Waals surface area contributed by atoms with Crippen molar-refractivity contribution in [3.63, 3.8) is 0 Å². The summed E-state index contributed by atoms with van der Waals surface area (Å²) in [6.45, 7) is 13.5. The monoisotopic (exact) mass is 610 g/mol. The van der Waals surface area contributed by atoms with Crippen LogP contribution < -0.4 is 9.47 Å². The van der Waals surface area contributed by atoms with Crippen molar-refractivity contribution in [3.05, 3.63) is 74.7 Å². The molecule has 3 aromatic rings. The summed E-state index contributed by atoms with van der Waals surface area (Å²) >= 11 is 8.41. The first-order chi connectivity index (χ1) is 19.5. The molecule has 0 amide bonds. The van der Waals surface area contributed by atoms with Gasteiger partial charge in [-0.25, -0.2) is 4.98 Å². The van der Waals surface area contributed by atoms with E-state index in [-0.39, 0.29) is 29.8 Å². The third-order valence-electron chi connectivity index (χ3n) is 9.37. The number of hydrogen-bond donors (Lipinski definition) is 0. The number of ketones is 1. The number of carbonyl (C=O) groups excluding carboxylic acids is 1. The Labute approximate surface area is 253 Å². The van der Waals surface area contributed by atoms with Crippen molar-refractivity contribution in [1.82, 2.24) is 9.88 Å². The van der Waals surface area contributed by atoms with Gasteiger partial charge in [0.15, 0.2) is 19.8 Å². The molecule has 6 rings (SSSR count). The van der Waals surface area contributed by atoms with Gasteiger partial charge >= 0.3 is 0 Å². The van der Waals surface area contributed by atoms with Crippen LogP contribution in [0.4, 0.5) is 0 Å². The molecule has 2 fully saturated rings. The molecule has 3 aliphatic rings. The van der Waals surface area contributed by atoms with E-state index >= 15 is 0 Å². The zero-order valence-corrected chi connectivity index (χ0v) is 27.1. The Kier molecular flexibility index (Phi) is 7.60. The Morgan fingerprint density at radius 1 is 1.20 bits per heavy atom. The van der Waals surface area contributed by atoms with Crippen LogP contribution in [0, 0.1) is 0 Å². The van der Waals surface area contributed by atoms with Crippen LogP contribution in [0.25, 0.3) is 0 Å². The minimum absolute atomic E-state index is 0.0261. The Bertz CT molecular complexity index is 1450. The van der Waals surface area contributed by atoms with E-state index in [4.69, 9.17) is 30.5 Å². The standard InChI is InChI=1S/C32H39ClN2O4SSi/c1-31(2,3)41(4,5)39-22-12-15-35(19-22)30(23-8-6-7-9-24(23)33)27-18-34-29(40-27)17-28(36)32(13-14-32)21-10-11-25-26(16-21)38-20-37-25/h6-11,16,18,22,30H,12-15,17,19-20H2,1-5H3/t22-,30+/m1/s1. The zero-order chi connectivity index (χ0) is 29.0. The number of thiazole rings is 1. The maximum absolute atomic E-state index is 13.7. The van der Waals surface area contributed by atoms with Gasteiger partial charge in [0.1, 0.15) is 10.8 Å². The van der Waals surface area contributed by atoms with E-state index in [0.717, 1.165) is 69.9 Å². The van der Waals surface area contributed by atoms with Crippen molar-refractivity contribution in [3.8, 4) is 11.5 Å². The average molecular weight is 611 g/mol. The molecule has 0 unspecified atom stereocenters. The van der Waals surface area contributed by atoms with Gasteiger partial charge in [0.25, 0.3) is 0 Å². The van der Waals surface area contributed by atoms with Crippen molar-refractivity contribution in [1.29, 1.82) is 0 Å². The minimum atomic E-state index is -1.88. The summed E-state index contributed by atoms with van der Waals surface area (Å²) in [4.78, 5) is 22.0. The first kappa shape index (κ1) is 28.9. The number of benzene rings is 2. The van der Waals surface area contributed by atoms with Crippen molar-refractivity contribution >= 4 is 37.0 Å². The van der Waals surface area contributed by atoms with Crippen molar-refractivity contribution in [2.75, 3.05) is 19.9 Å². The number of hydrogen-bond acceptors (Lipinski definition) is 7. The molecular formula is C32H39ClN2O4SSi. The van der Waals surface area contributed by atoms with Gasteiger partial charge in [-0.3, -0.25) is 9.69 Å². The first-order valence-corrected chi connectivity index (χ1v) is 18.6. The molecule has 6 nitrogen and oxygen atoms in total. The van der Waals surface area contributed by atoms with Gasteiger partial charge < -0.3 is 13.9 Å². The van der Waals surface area contributed by atoms with Crippen LogP contribution in [-0.4, -0.2) is 50.0 Å². The molecular weight excluding hydrogens is 572 g/mol. The first-order valence-electron chi connectivity index (χ1n) is 14.5. The number of halogens is 1. The van der Waals surface area contributed by atoms with E-state index in [9.17, 15) is 4.79 Å². The highest BCUT2D eigenvalue weighted by Crippen LogP contribution is 2.52. The second-order valence-corrected chi connectivity index (χ2v) is 19.4. The lowest BCUT2D eigenvalue weighted by Crippen LogP contribution is -2.44. The lowest BCUT2D eigenvalue weighted by molar-refractivity contribution is -0.120. The predicted octanol–water partition coefficient (Wildman–Crippen LogP) is 7.55. The number of Topliss-reactive ketones (excluding diaryl/α,β-unsaturated/α-hetero) is 1. The van der Waals surface area contributed by atoms with E-state index in [2.05, 4.69) is 44.8 Å². The van der Waals surface area contributed by atoms with Crippen LogP contribution in [0.3, 0.4) is 0 Å². The van der Waals surface area contributed by atoms with E-state index in [1.807, 2.05) is 42.6 Å². The fraction of sp³-hybridized carbons (Fsp3) is 0.500. The summed E-state index contributed by atoms with van der Waals surface area (Å²) in [6.07, 6.45) is 5.18. The van der Waals surface area contributed by atoms with Gasteiger partial charge in [-0.2, -0.15) is 0 Å². The molecule has 3 heterocycles. The van der Waals surface area contributed by atoms with Crippen molar-refractivity contribution in [2.24, 2.45) is 0 Å². The van der Waals surface area contributed by atoms with Crippen molar-refractivity contribution < 1.29 is 18.7 Å². The third-order valence-corrected chi connectivity index (χ3v) is 15.3. The molecule has 0 bridgehead atoms. The molecule has 41 heavy (non-hydrogen) atoms. The summed E-state index contributed by atoms with van der Waals surface area (Å²) in [6, 6.07) is 14.0. The number of carbonyl (C=O) groups is 1. The van der Waals surface area contributed by atoms with Crippen LogP contribution in [0.5, 0.6) is 11.5 Å². The van der Waals surface area contributed by atoms with Crippen LogP contribution in [-0.2, 0) is 21.1 Å². The highest BCUT2D eigenvalue weighted by atomic mass is 35.5. The Balaban J connectivity index is 1.21. The summed E-state index contributed by atoms with van der Waals surface area (Å²) in [5.41, 5.74) is 1.64. The third kappa shape index (κ3) is 5.61. The number of fused-ring (bicyclic) bond motifs is 1. The van der Waals surface area contributed by atoms with Crippen LogP contribution >= 0.6 is 22.9 Å². The van der Waals surface area contributed by atoms with Gasteiger partial charge in [0, 0.05) is 29.2 Å². The molecule has 1 aliphatic carbocycles. The molecule has 1 saturated heterocycles. The summed E-state index contributed by atoms with van der Waals surface area (Å²) in [5.74, 6) is 1.68. The number of ether oxygens (including phenoxy) is 2. The molecule has 0 N–H and O–H groups in total. The van der Waals surface area contributed by atoms with Gasteiger partial charge in [0.2, 0.25) is 6.79 Å². The van der Waals surface area contributed by atoms with E-state index in [1.165, 1.54) is 0 Å². The predicted molar refractivity (Wildman–Crippen MR) is 166 cm³/mol. The molecule has 0 spiro atoms. The van der Waals surface area contributed by atoms with E-state index < -0.39 is 13.7 Å². The van der Waals surface area contributed by atoms with Gasteiger partial charge in [0.05, 0.1) is 24.0 Å². The second-order valence-electron chi connectivity index (χ2n) is 13.1. The van der Waals surface area contributed by atoms with E-state index in [1.54, 1.807) is 11.3 Å². The minimum Gasteiger partial charge on any atom is -0.454 e. The maximum atomic E-state index is 13.7. The molecule has 9 heteroatoms. The smallest absolute Gasteiger partial charge is 0.231 e. The second kappa shape index (κ2) is 10.8. The quantitative estimate of drug-likeness (QED) is 0.233.